The van der Waals surface area contributed by atoms with Gasteiger partial charge in [-0.15, -0.1) is 0 Å². The highest BCUT2D eigenvalue weighted by molar-refractivity contribution is 4.77. The van der Waals surface area contributed by atoms with E-state index in [-0.39, 0.29) is 0 Å². The summed E-state index contributed by atoms with van der Waals surface area (Å²) in [5.74, 6) is 0.904. The molecule has 0 heterocycles. The Hall–Kier alpha value is -0.0800. The van der Waals surface area contributed by atoms with Gasteiger partial charge in [-0.1, -0.05) is 6.92 Å². The first-order chi connectivity index (χ1) is 5.33. The van der Waals surface area contributed by atoms with Crippen LogP contribution in [0.3, 0.4) is 0 Å². The van der Waals surface area contributed by atoms with E-state index in [4.69, 9.17) is 5.11 Å². The topological polar surface area (TPSA) is 32.3 Å². The van der Waals surface area contributed by atoms with Crippen LogP contribution in [0.2, 0.25) is 0 Å². The molecule has 0 aliphatic heterocycles. The zero-order chi connectivity index (χ0) is 8.10. The largest absolute Gasteiger partial charge is 0.396 e. The Bertz CT molecular complexity index is 106. The molecule has 2 heteroatoms. The summed E-state index contributed by atoms with van der Waals surface area (Å²) >= 11 is 0. The summed E-state index contributed by atoms with van der Waals surface area (Å²) in [4.78, 5) is 0. The van der Waals surface area contributed by atoms with Crippen molar-refractivity contribution in [2.75, 3.05) is 13.2 Å². The predicted molar refractivity (Wildman–Crippen MR) is 46.5 cm³/mol. The van der Waals surface area contributed by atoms with Crippen LogP contribution in [0, 0.1) is 5.92 Å². The lowest BCUT2D eigenvalue weighted by molar-refractivity contribution is 0.283. The summed E-state index contributed by atoms with van der Waals surface area (Å²) in [6, 6.07) is 0.733. The Morgan fingerprint density at radius 1 is 1.45 bits per heavy atom. The summed E-state index contributed by atoms with van der Waals surface area (Å²) in [7, 11) is 0. The van der Waals surface area contributed by atoms with Gasteiger partial charge in [-0.2, -0.15) is 0 Å². The molecule has 0 aromatic heterocycles. The monoisotopic (exact) mass is 157 g/mol. The van der Waals surface area contributed by atoms with Gasteiger partial charge in [-0.3, -0.25) is 0 Å². The van der Waals surface area contributed by atoms with E-state index in [1.165, 1.54) is 19.3 Å². The summed E-state index contributed by atoms with van der Waals surface area (Å²) in [5.41, 5.74) is 0. The summed E-state index contributed by atoms with van der Waals surface area (Å²) in [6.07, 6.45) is 4.92. The molecule has 0 unspecified atom stereocenters. The van der Waals surface area contributed by atoms with Gasteiger partial charge < -0.3 is 10.4 Å². The molecule has 11 heavy (non-hydrogen) atoms. The number of aliphatic hydroxyl groups is 1. The Balaban J connectivity index is 1.99. The van der Waals surface area contributed by atoms with E-state index in [9.17, 15) is 0 Å². The van der Waals surface area contributed by atoms with E-state index in [1.54, 1.807) is 0 Å². The summed E-state index contributed by atoms with van der Waals surface area (Å²) < 4.78 is 0. The maximum absolute atomic E-state index is 8.55. The minimum Gasteiger partial charge on any atom is -0.396 e. The van der Waals surface area contributed by atoms with Crippen molar-refractivity contribution in [1.82, 2.24) is 5.32 Å². The molecule has 66 valence electrons. The maximum Gasteiger partial charge on any atom is 0.0443 e. The fourth-order valence-corrected chi connectivity index (χ4v) is 1.78. The normalized spacial score (nSPS) is 31.1. The van der Waals surface area contributed by atoms with Crippen LogP contribution >= 0.6 is 0 Å². The van der Waals surface area contributed by atoms with Crippen LogP contribution in [-0.2, 0) is 0 Å². The highest BCUT2D eigenvalue weighted by atomic mass is 16.3. The van der Waals surface area contributed by atoms with Gasteiger partial charge in [0, 0.05) is 12.6 Å². The SMILES string of the molecule is C[C@H]1CC[C@@H](NCCCO)C1. The molecule has 1 saturated carbocycles. The quantitative estimate of drug-likeness (QED) is 0.600. The third-order valence-electron chi connectivity index (χ3n) is 2.46. The zero-order valence-corrected chi connectivity index (χ0v) is 7.34. The van der Waals surface area contributed by atoms with Crippen molar-refractivity contribution < 1.29 is 5.11 Å². The van der Waals surface area contributed by atoms with Crippen LogP contribution < -0.4 is 5.32 Å². The molecule has 0 aromatic carbocycles. The fraction of sp³-hybridized carbons (Fsp3) is 1.00. The molecule has 1 aliphatic rings. The van der Waals surface area contributed by atoms with E-state index < -0.39 is 0 Å². The minimum atomic E-state index is 0.315. The number of hydrogen-bond acceptors (Lipinski definition) is 2. The van der Waals surface area contributed by atoms with Crippen molar-refractivity contribution in [2.24, 2.45) is 5.92 Å². The van der Waals surface area contributed by atoms with Crippen LogP contribution in [0.15, 0.2) is 0 Å². The van der Waals surface area contributed by atoms with Crippen molar-refractivity contribution >= 4 is 0 Å². The van der Waals surface area contributed by atoms with Crippen LogP contribution in [-0.4, -0.2) is 24.3 Å². The molecule has 2 atom stereocenters. The predicted octanol–water partition coefficient (Wildman–Crippen LogP) is 1.15. The lowest BCUT2D eigenvalue weighted by Gasteiger charge is -2.10. The standard InChI is InChI=1S/C9H19NO/c1-8-3-4-9(7-8)10-5-2-6-11/h8-11H,2-7H2,1H3/t8-,9+/m0/s1. The summed E-state index contributed by atoms with van der Waals surface area (Å²) in [5, 5.41) is 12.0. The molecular weight excluding hydrogens is 138 g/mol. The van der Waals surface area contributed by atoms with Crippen molar-refractivity contribution in [3.63, 3.8) is 0 Å². The van der Waals surface area contributed by atoms with Gasteiger partial charge in [-0.25, -0.2) is 0 Å². The molecular formula is C9H19NO. The molecule has 2 N–H and O–H groups in total. The van der Waals surface area contributed by atoms with Crippen LogP contribution in [0.25, 0.3) is 0 Å². The van der Waals surface area contributed by atoms with Crippen LogP contribution in [0.1, 0.15) is 32.6 Å². The molecule has 0 bridgehead atoms. The van der Waals surface area contributed by atoms with Crippen LogP contribution in [0.4, 0.5) is 0 Å². The van der Waals surface area contributed by atoms with E-state index >= 15 is 0 Å². The number of aliphatic hydroxyl groups excluding tert-OH is 1. The second kappa shape index (κ2) is 4.73. The smallest absolute Gasteiger partial charge is 0.0443 e. The number of nitrogens with one attached hydrogen (secondary N) is 1. The molecule has 0 saturated heterocycles. The minimum absolute atomic E-state index is 0.315. The van der Waals surface area contributed by atoms with Crippen LogP contribution in [0.5, 0.6) is 0 Å². The third kappa shape index (κ3) is 3.21. The second-order valence-electron chi connectivity index (χ2n) is 3.65. The molecule has 1 fully saturated rings. The van der Waals surface area contributed by atoms with E-state index in [1.807, 2.05) is 0 Å². The van der Waals surface area contributed by atoms with Gasteiger partial charge in [0.1, 0.15) is 0 Å². The molecule has 0 radical (unpaired) electrons. The Morgan fingerprint density at radius 3 is 2.82 bits per heavy atom. The number of rotatable bonds is 4. The van der Waals surface area contributed by atoms with Gasteiger partial charge in [0.25, 0.3) is 0 Å². The Kier molecular flexibility index (Phi) is 3.87. The van der Waals surface area contributed by atoms with Gasteiger partial charge in [0.05, 0.1) is 0 Å². The van der Waals surface area contributed by atoms with Gasteiger partial charge >= 0.3 is 0 Å². The maximum atomic E-state index is 8.55. The fourth-order valence-electron chi connectivity index (χ4n) is 1.78. The highest BCUT2D eigenvalue weighted by Gasteiger charge is 2.19. The van der Waals surface area contributed by atoms with Gasteiger partial charge in [0.2, 0.25) is 0 Å². The zero-order valence-electron chi connectivity index (χ0n) is 7.34. The molecule has 1 aliphatic carbocycles. The van der Waals surface area contributed by atoms with E-state index in [0.29, 0.717) is 6.61 Å². The van der Waals surface area contributed by atoms with E-state index in [0.717, 1.165) is 24.9 Å². The van der Waals surface area contributed by atoms with Crippen molar-refractivity contribution in [2.45, 2.75) is 38.6 Å². The molecule has 0 amide bonds. The van der Waals surface area contributed by atoms with Gasteiger partial charge in [-0.05, 0) is 38.1 Å². The molecule has 0 spiro atoms. The average Bonchev–Trinajstić information content (AvgIpc) is 2.37. The lowest BCUT2D eigenvalue weighted by atomic mass is 10.1. The number of hydrogen-bond donors (Lipinski definition) is 2. The molecule has 2 nitrogen and oxygen atoms in total. The van der Waals surface area contributed by atoms with Crippen molar-refractivity contribution in [1.29, 1.82) is 0 Å². The third-order valence-corrected chi connectivity index (χ3v) is 2.46. The van der Waals surface area contributed by atoms with Crippen molar-refractivity contribution in [3.05, 3.63) is 0 Å². The lowest BCUT2D eigenvalue weighted by Crippen LogP contribution is -2.27. The first-order valence-electron chi connectivity index (χ1n) is 4.67. The van der Waals surface area contributed by atoms with Gasteiger partial charge in [0.15, 0.2) is 0 Å². The first-order valence-corrected chi connectivity index (χ1v) is 4.67. The second-order valence-corrected chi connectivity index (χ2v) is 3.65. The Morgan fingerprint density at radius 2 is 2.27 bits per heavy atom. The molecule has 1 rings (SSSR count). The van der Waals surface area contributed by atoms with E-state index in [2.05, 4.69) is 12.2 Å². The van der Waals surface area contributed by atoms with Crippen molar-refractivity contribution in [3.8, 4) is 0 Å². The average molecular weight is 157 g/mol. The summed E-state index contributed by atoms with van der Waals surface area (Å²) in [6.45, 7) is 3.61. The Labute approximate surface area is 69.0 Å². The molecule has 0 aromatic rings. The first kappa shape index (κ1) is 9.01. The highest BCUT2D eigenvalue weighted by Crippen LogP contribution is 2.24.